The maximum atomic E-state index is 13.8. The van der Waals surface area contributed by atoms with Crippen molar-refractivity contribution in [1.82, 2.24) is 15.1 Å². The predicted molar refractivity (Wildman–Crippen MR) is 145 cm³/mol. The topological polar surface area (TPSA) is 54.0 Å². The number of carbonyl (C=O) groups excluding carboxylic acids is 1. The van der Waals surface area contributed by atoms with Crippen LogP contribution >= 0.6 is 11.6 Å². The summed E-state index contributed by atoms with van der Waals surface area (Å²) in [5.74, 6) is 3.08. The van der Waals surface area contributed by atoms with E-state index in [0.29, 0.717) is 35.7 Å². The number of rotatable bonds is 8. The molecule has 4 aliphatic heterocycles. The van der Waals surface area contributed by atoms with Crippen LogP contribution in [0, 0.1) is 11.8 Å². The van der Waals surface area contributed by atoms with Gasteiger partial charge in [0.25, 0.3) is 5.91 Å². The summed E-state index contributed by atoms with van der Waals surface area (Å²) < 4.78 is 11.1. The highest BCUT2D eigenvalue weighted by Gasteiger charge is 2.49. The van der Waals surface area contributed by atoms with Crippen LogP contribution in [-0.4, -0.2) is 60.8 Å². The lowest BCUT2D eigenvalue weighted by Crippen LogP contribution is -2.65. The maximum absolute atomic E-state index is 13.8. The highest BCUT2D eigenvalue weighted by Crippen LogP contribution is 2.44. The van der Waals surface area contributed by atoms with Crippen molar-refractivity contribution in [3.63, 3.8) is 0 Å². The van der Waals surface area contributed by atoms with Crippen LogP contribution in [0.25, 0.3) is 0 Å². The molecule has 7 heteroatoms. The lowest BCUT2D eigenvalue weighted by Gasteiger charge is -2.57. The highest BCUT2D eigenvalue weighted by molar-refractivity contribution is 6.30. The van der Waals surface area contributed by atoms with E-state index in [2.05, 4.69) is 21.2 Å². The predicted octanol–water partition coefficient (Wildman–Crippen LogP) is 5.34. The summed E-state index contributed by atoms with van der Waals surface area (Å²) in [6, 6.07) is 14.5. The Morgan fingerprint density at radius 2 is 1.86 bits per heavy atom. The molecule has 0 radical (unpaired) electrons. The number of hydrogen-bond acceptors (Lipinski definition) is 5. The molecule has 0 unspecified atom stereocenters. The zero-order valence-electron chi connectivity index (χ0n) is 21.5. The van der Waals surface area contributed by atoms with Gasteiger partial charge in [-0.25, -0.2) is 0 Å². The smallest absolute Gasteiger partial charge is 0.254 e. The Balaban J connectivity index is 1.10. The van der Waals surface area contributed by atoms with Crippen molar-refractivity contribution in [3.05, 3.63) is 58.6 Å². The fourth-order valence-corrected chi connectivity index (χ4v) is 7.44. The first-order valence-corrected chi connectivity index (χ1v) is 14.5. The number of benzene rings is 2. The molecule has 6 rings (SSSR count). The van der Waals surface area contributed by atoms with Gasteiger partial charge in [0.1, 0.15) is 0 Å². The minimum atomic E-state index is 0.182. The average molecular weight is 524 g/mol. The van der Waals surface area contributed by atoms with Gasteiger partial charge >= 0.3 is 0 Å². The lowest BCUT2D eigenvalue weighted by atomic mass is 9.69. The molecule has 4 atom stereocenters. The zero-order valence-corrected chi connectivity index (χ0v) is 22.3. The largest absolute Gasteiger partial charge is 0.454 e. The number of ether oxygens (including phenoxy) is 2. The van der Waals surface area contributed by atoms with E-state index >= 15 is 0 Å². The van der Waals surface area contributed by atoms with Gasteiger partial charge in [-0.1, -0.05) is 30.2 Å². The Hall–Kier alpha value is -2.28. The van der Waals surface area contributed by atoms with E-state index in [1.54, 1.807) is 0 Å². The third-order valence-corrected chi connectivity index (χ3v) is 9.17. The molecule has 3 saturated heterocycles. The van der Waals surface area contributed by atoms with Gasteiger partial charge in [0.2, 0.25) is 6.79 Å². The van der Waals surface area contributed by atoms with Crippen LogP contribution in [0.4, 0.5) is 0 Å². The van der Waals surface area contributed by atoms with E-state index < -0.39 is 0 Å². The minimum absolute atomic E-state index is 0.182. The van der Waals surface area contributed by atoms with Crippen LogP contribution in [0.1, 0.15) is 60.9 Å². The van der Waals surface area contributed by atoms with Gasteiger partial charge in [-0.15, -0.1) is 0 Å². The molecule has 1 N–H and O–H groups in total. The van der Waals surface area contributed by atoms with E-state index in [9.17, 15) is 4.79 Å². The number of piperidine rings is 3. The number of nitrogens with zero attached hydrogens (tertiary/aromatic N) is 2. The number of carbonyl (C=O) groups is 1. The van der Waals surface area contributed by atoms with Gasteiger partial charge in [0, 0.05) is 41.3 Å². The Kier molecular flexibility index (Phi) is 7.59. The normalized spacial score (nSPS) is 26.7. The quantitative estimate of drug-likeness (QED) is 0.473. The molecule has 0 bridgehead atoms. The van der Waals surface area contributed by atoms with Gasteiger partial charge < -0.3 is 19.7 Å². The van der Waals surface area contributed by atoms with Gasteiger partial charge in [-0.2, -0.15) is 0 Å². The van der Waals surface area contributed by atoms with Gasteiger partial charge in [0.05, 0.1) is 0 Å². The van der Waals surface area contributed by atoms with E-state index in [1.807, 2.05) is 36.4 Å². The van der Waals surface area contributed by atoms with Crippen molar-refractivity contribution < 1.29 is 14.3 Å². The third-order valence-electron chi connectivity index (χ3n) is 8.92. The van der Waals surface area contributed by atoms with E-state index in [-0.39, 0.29) is 5.91 Å². The molecule has 3 fully saturated rings. The van der Waals surface area contributed by atoms with Crippen LogP contribution in [0.3, 0.4) is 0 Å². The molecule has 37 heavy (non-hydrogen) atoms. The molecule has 0 saturated carbocycles. The Morgan fingerprint density at radius 3 is 2.73 bits per heavy atom. The van der Waals surface area contributed by atoms with Gasteiger partial charge in [0.15, 0.2) is 11.5 Å². The van der Waals surface area contributed by atoms with Crippen molar-refractivity contribution in [2.45, 2.75) is 63.6 Å². The van der Waals surface area contributed by atoms with Crippen molar-refractivity contribution in [2.24, 2.45) is 11.8 Å². The number of likely N-dealkylation sites (tertiary alicyclic amines) is 1. The number of amides is 1. The molecule has 4 aliphatic rings. The molecule has 2 aromatic rings. The van der Waals surface area contributed by atoms with Crippen LogP contribution in [0.5, 0.6) is 11.5 Å². The fraction of sp³-hybridized carbons (Fsp3) is 0.567. The van der Waals surface area contributed by atoms with Crippen molar-refractivity contribution in [1.29, 1.82) is 0 Å². The second kappa shape index (κ2) is 11.2. The van der Waals surface area contributed by atoms with Crippen molar-refractivity contribution in [2.75, 3.05) is 33.0 Å². The number of unbranched alkanes of at least 4 members (excludes halogenated alkanes) is 1. The second-order valence-electron chi connectivity index (χ2n) is 11.1. The number of halogens is 1. The number of hydrogen-bond donors (Lipinski definition) is 1. The monoisotopic (exact) mass is 523 g/mol. The number of nitrogens with one attached hydrogen (secondary N) is 1. The van der Waals surface area contributed by atoms with E-state index in [4.69, 9.17) is 21.1 Å². The first kappa shape index (κ1) is 25.0. The van der Waals surface area contributed by atoms with E-state index in [0.717, 1.165) is 61.5 Å². The summed E-state index contributed by atoms with van der Waals surface area (Å²) in [5.41, 5.74) is 1.91. The molecule has 4 heterocycles. The molecular weight excluding hydrogens is 486 g/mol. The average Bonchev–Trinajstić information content (AvgIpc) is 3.41. The SMILES string of the molecule is O=C(c1ccc(Cl)cc1)N1C[C@H]2CCCN3CCC[C@@H]([C@H]23)[C@H]1CCCCNCc1cccc2c1OCO2. The van der Waals surface area contributed by atoms with Gasteiger partial charge in [-0.3, -0.25) is 9.69 Å². The molecule has 6 nitrogen and oxygen atoms in total. The van der Waals surface area contributed by atoms with Crippen LogP contribution in [-0.2, 0) is 6.54 Å². The summed E-state index contributed by atoms with van der Waals surface area (Å²) in [4.78, 5) is 18.8. The molecule has 198 valence electrons. The highest BCUT2D eigenvalue weighted by atomic mass is 35.5. The molecule has 1 amide bonds. The number of para-hydroxylation sites is 1. The van der Waals surface area contributed by atoms with Crippen LogP contribution in [0.2, 0.25) is 5.02 Å². The standard InChI is InChI=1S/C30H38ClN3O3/c31-24-13-11-21(12-14-24)30(35)34-19-23-7-4-16-33-17-5-8-25(28(23)33)26(34)9-1-2-15-32-18-22-6-3-10-27-29(22)37-20-36-27/h3,6,10-14,23,25-26,28,32H,1-2,4-5,7-9,15-20H2/t23-,25-,26-,28+/m1/s1. The second-order valence-corrected chi connectivity index (χ2v) is 11.5. The molecule has 2 aromatic carbocycles. The first-order valence-electron chi connectivity index (χ1n) is 14.1. The first-order chi connectivity index (χ1) is 18.2. The summed E-state index contributed by atoms with van der Waals surface area (Å²) in [6.45, 7) is 5.39. The summed E-state index contributed by atoms with van der Waals surface area (Å²) in [5, 5.41) is 4.26. The van der Waals surface area contributed by atoms with Crippen LogP contribution < -0.4 is 14.8 Å². The Labute approximate surface area is 225 Å². The molecule has 0 aromatic heterocycles. The zero-order chi connectivity index (χ0) is 25.2. The molecular formula is C30H38ClN3O3. The summed E-state index contributed by atoms with van der Waals surface area (Å²) in [6.07, 6.45) is 8.28. The minimum Gasteiger partial charge on any atom is -0.454 e. The molecule has 0 aliphatic carbocycles. The summed E-state index contributed by atoms with van der Waals surface area (Å²) >= 11 is 6.12. The van der Waals surface area contributed by atoms with Crippen LogP contribution in [0.15, 0.2) is 42.5 Å². The van der Waals surface area contributed by atoms with Crippen molar-refractivity contribution in [3.8, 4) is 11.5 Å². The lowest BCUT2D eigenvalue weighted by molar-refractivity contribution is -0.0672. The van der Waals surface area contributed by atoms with E-state index in [1.165, 1.54) is 38.8 Å². The fourth-order valence-electron chi connectivity index (χ4n) is 7.31. The van der Waals surface area contributed by atoms with Crippen molar-refractivity contribution >= 4 is 17.5 Å². The number of fused-ring (bicyclic) bond motifs is 1. The maximum Gasteiger partial charge on any atom is 0.254 e. The Morgan fingerprint density at radius 1 is 1.03 bits per heavy atom. The summed E-state index contributed by atoms with van der Waals surface area (Å²) in [7, 11) is 0. The van der Waals surface area contributed by atoms with Gasteiger partial charge in [-0.05, 0) is 100 Å². The molecule has 0 spiro atoms. The Bertz CT molecular complexity index is 1090. The third kappa shape index (κ3) is 5.21.